The summed E-state index contributed by atoms with van der Waals surface area (Å²) in [6.45, 7) is 0. The molecule has 0 amide bonds. The molecule has 14 rings (SSSR count). The highest BCUT2D eigenvalue weighted by atomic mass is 32.1. The minimum Gasteiger partial charge on any atom is -0.309 e. The number of fused-ring (bicyclic) bond motifs is 11. The Labute approximate surface area is 401 Å². The molecule has 0 fully saturated rings. The van der Waals surface area contributed by atoms with E-state index in [1.807, 2.05) is 47.7 Å². The summed E-state index contributed by atoms with van der Waals surface area (Å²) in [5, 5.41) is 7.57. The van der Waals surface area contributed by atoms with E-state index in [0.717, 1.165) is 61.4 Å². The topological polar surface area (TPSA) is 48.5 Å². The Balaban J connectivity index is 1.08. The average molecular weight is 898 g/mol. The first-order valence-corrected chi connectivity index (χ1v) is 24.1. The largest absolute Gasteiger partial charge is 0.309 e. The third-order valence-electron chi connectivity index (χ3n) is 13.6. The van der Waals surface area contributed by atoms with Crippen LogP contribution in [-0.4, -0.2) is 24.1 Å². The summed E-state index contributed by atoms with van der Waals surface area (Å²) >= 11 is 1.92. The van der Waals surface area contributed by atoms with E-state index in [2.05, 4.69) is 209 Å². The van der Waals surface area contributed by atoms with E-state index in [1.54, 1.807) is 0 Å². The molecule has 14 aromatic rings. The van der Waals surface area contributed by atoms with E-state index in [4.69, 9.17) is 15.0 Å². The molecular formula is C63H39N5S. The third kappa shape index (κ3) is 6.27. The molecule has 4 aromatic heterocycles. The van der Waals surface area contributed by atoms with Crippen LogP contribution in [0.25, 0.3) is 132 Å². The Morgan fingerprint density at radius 1 is 0.290 bits per heavy atom. The van der Waals surface area contributed by atoms with Gasteiger partial charge in [-0.25, -0.2) is 15.0 Å². The SMILES string of the molecule is c1ccc(-c2nc(-c3ccccc3)nc(-c3cc(-c4ccccc4)c(-n4c5ccccc5c5c6sc7c(ccc8c7c7ccccc7n8-c7ccccc7)c6ccc54)c(-c4ccccc4)c3)n2)cc1. The molecule has 0 atom stereocenters. The predicted octanol–water partition coefficient (Wildman–Crippen LogP) is 16.8. The van der Waals surface area contributed by atoms with Crippen LogP contribution in [0.15, 0.2) is 237 Å². The van der Waals surface area contributed by atoms with E-state index in [0.29, 0.717) is 17.5 Å². The van der Waals surface area contributed by atoms with E-state index in [9.17, 15) is 0 Å². The van der Waals surface area contributed by atoms with Crippen molar-refractivity contribution in [2.45, 2.75) is 0 Å². The highest BCUT2D eigenvalue weighted by molar-refractivity contribution is 7.27. The van der Waals surface area contributed by atoms with Crippen LogP contribution in [0.5, 0.6) is 0 Å². The van der Waals surface area contributed by atoms with Crippen molar-refractivity contribution in [3.63, 3.8) is 0 Å². The van der Waals surface area contributed by atoms with Crippen molar-refractivity contribution in [3.8, 4) is 67.8 Å². The number of thiophene rings is 1. The second-order valence-corrected chi connectivity index (χ2v) is 18.5. The van der Waals surface area contributed by atoms with Gasteiger partial charge >= 0.3 is 0 Å². The van der Waals surface area contributed by atoms with Crippen molar-refractivity contribution < 1.29 is 0 Å². The van der Waals surface area contributed by atoms with Crippen molar-refractivity contribution in [1.29, 1.82) is 0 Å². The average Bonchev–Trinajstić information content (AvgIpc) is 4.09. The van der Waals surface area contributed by atoms with Gasteiger partial charge in [0.1, 0.15) is 0 Å². The fourth-order valence-electron chi connectivity index (χ4n) is 10.5. The summed E-state index contributed by atoms with van der Waals surface area (Å²) < 4.78 is 7.52. The number of aromatic nitrogens is 5. The normalized spacial score (nSPS) is 11.8. The maximum atomic E-state index is 5.25. The van der Waals surface area contributed by atoms with Gasteiger partial charge in [0, 0.05) is 75.2 Å². The summed E-state index contributed by atoms with van der Waals surface area (Å²) in [5.74, 6) is 1.86. The monoisotopic (exact) mass is 897 g/mol. The van der Waals surface area contributed by atoms with Crippen molar-refractivity contribution in [3.05, 3.63) is 237 Å². The molecule has 0 aliphatic rings. The van der Waals surface area contributed by atoms with Crippen LogP contribution < -0.4 is 0 Å². The molecule has 4 heterocycles. The number of hydrogen-bond donors (Lipinski definition) is 0. The van der Waals surface area contributed by atoms with Crippen molar-refractivity contribution in [1.82, 2.24) is 24.1 Å². The molecular weight excluding hydrogens is 859 g/mol. The predicted molar refractivity (Wildman–Crippen MR) is 289 cm³/mol. The highest BCUT2D eigenvalue weighted by Gasteiger charge is 2.25. The number of hydrogen-bond acceptors (Lipinski definition) is 4. The van der Waals surface area contributed by atoms with Gasteiger partial charge in [-0.1, -0.05) is 188 Å². The lowest BCUT2D eigenvalue weighted by atomic mass is 9.92. The van der Waals surface area contributed by atoms with E-state index < -0.39 is 0 Å². The van der Waals surface area contributed by atoms with Gasteiger partial charge in [0.25, 0.3) is 0 Å². The minimum atomic E-state index is 0.609. The van der Waals surface area contributed by atoms with Gasteiger partial charge in [-0.2, -0.15) is 0 Å². The quantitative estimate of drug-likeness (QED) is 0.160. The van der Waals surface area contributed by atoms with Gasteiger partial charge in [0.2, 0.25) is 0 Å². The maximum Gasteiger partial charge on any atom is 0.164 e. The minimum absolute atomic E-state index is 0.609. The molecule has 0 bridgehead atoms. The van der Waals surface area contributed by atoms with Crippen molar-refractivity contribution in [2.24, 2.45) is 0 Å². The van der Waals surface area contributed by atoms with Gasteiger partial charge in [-0.3, -0.25) is 0 Å². The Bertz CT molecular complexity index is 4150. The molecule has 10 aromatic carbocycles. The van der Waals surface area contributed by atoms with Crippen LogP contribution >= 0.6 is 11.3 Å². The van der Waals surface area contributed by atoms with E-state index in [1.165, 1.54) is 52.8 Å². The molecule has 0 saturated carbocycles. The molecule has 0 radical (unpaired) electrons. The van der Waals surface area contributed by atoms with Crippen LogP contribution in [0.4, 0.5) is 0 Å². The Morgan fingerprint density at radius 2 is 0.667 bits per heavy atom. The van der Waals surface area contributed by atoms with Crippen LogP contribution in [-0.2, 0) is 0 Å². The molecule has 0 aliphatic heterocycles. The summed E-state index contributed by atoms with van der Waals surface area (Å²) in [6.07, 6.45) is 0. The van der Waals surface area contributed by atoms with E-state index in [-0.39, 0.29) is 0 Å². The Morgan fingerprint density at radius 3 is 1.14 bits per heavy atom. The smallest absolute Gasteiger partial charge is 0.164 e. The molecule has 0 aliphatic carbocycles. The lowest BCUT2D eigenvalue weighted by Crippen LogP contribution is -2.04. The first kappa shape index (κ1) is 39.2. The molecule has 0 spiro atoms. The maximum absolute atomic E-state index is 5.25. The fourth-order valence-corrected chi connectivity index (χ4v) is 11.9. The third-order valence-corrected chi connectivity index (χ3v) is 14.8. The zero-order chi connectivity index (χ0) is 45.4. The van der Waals surface area contributed by atoms with Crippen LogP contribution in [0, 0.1) is 0 Å². The first-order valence-electron chi connectivity index (χ1n) is 23.3. The number of para-hydroxylation sites is 3. The van der Waals surface area contributed by atoms with Gasteiger partial charge in [-0.15, -0.1) is 11.3 Å². The second kappa shape index (κ2) is 15.8. The van der Waals surface area contributed by atoms with Crippen LogP contribution in [0.3, 0.4) is 0 Å². The second-order valence-electron chi connectivity index (χ2n) is 17.5. The molecule has 0 saturated heterocycles. The lowest BCUT2D eigenvalue weighted by Gasteiger charge is -2.21. The number of rotatable bonds is 7. The zero-order valence-electron chi connectivity index (χ0n) is 37.2. The van der Waals surface area contributed by atoms with Crippen molar-refractivity contribution in [2.75, 3.05) is 0 Å². The summed E-state index contributed by atoms with van der Waals surface area (Å²) in [6, 6.07) is 84.4. The standard InChI is InChI=1S/C63H39N5S/c1-6-20-40(21-7-1)50-38-44(63-65-61(42-24-10-3-11-25-42)64-62(66-63)43-26-12-4-13-27-43)39-51(41-22-8-2-9-23-41)58(50)68-53-33-19-17-31-49(53)57-55(68)37-35-47-46-34-36-54-56(59(46)69-60(47)57)48-30-16-18-32-52(48)67(54)45-28-14-5-15-29-45/h1-39H. The van der Waals surface area contributed by atoms with Gasteiger partial charge in [0.05, 0.1) is 27.8 Å². The summed E-state index contributed by atoms with van der Waals surface area (Å²) in [5.41, 5.74) is 14.1. The summed E-state index contributed by atoms with van der Waals surface area (Å²) in [7, 11) is 0. The van der Waals surface area contributed by atoms with Gasteiger partial charge in [0.15, 0.2) is 17.5 Å². The molecule has 69 heavy (non-hydrogen) atoms. The number of benzene rings is 10. The van der Waals surface area contributed by atoms with Crippen LogP contribution in [0.1, 0.15) is 0 Å². The zero-order valence-corrected chi connectivity index (χ0v) is 38.0. The molecule has 6 heteroatoms. The number of nitrogens with zero attached hydrogens (tertiary/aromatic N) is 5. The van der Waals surface area contributed by atoms with Gasteiger partial charge < -0.3 is 9.13 Å². The molecule has 0 N–H and O–H groups in total. The molecule has 322 valence electrons. The highest BCUT2D eigenvalue weighted by Crippen LogP contribution is 2.49. The van der Waals surface area contributed by atoms with Crippen molar-refractivity contribution >= 4 is 75.1 Å². The molecule has 0 unspecified atom stereocenters. The fraction of sp³-hybridized carbons (Fsp3) is 0. The summed E-state index contributed by atoms with van der Waals surface area (Å²) in [4.78, 5) is 15.5. The first-order chi connectivity index (χ1) is 34.2. The van der Waals surface area contributed by atoms with Crippen LogP contribution in [0.2, 0.25) is 0 Å². The molecule has 5 nitrogen and oxygen atoms in total. The lowest BCUT2D eigenvalue weighted by molar-refractivity contribution is 1.07. The Hall–Kier alpha value is -8.97. The van der Waals surface area contributed by atoms with Gasteiger partial charge in [-0.05, 0) is 59.7 Å². The Kier molecular flexibility index (Phi) is 9.00. The van der Waals surface area contributed by atoms with E-state index >= 15 is 0 Å².